The molecule has 3 heteroatoms. The Morgan fingerprint density at radius 3 is 2.31 bits per heavy atom. The fourth-order valence-electron chi connectivity index (χ4n) is 3.09. The Morgan fingerprint density at radius 1 is 0.923 bits per heavy atom. The number of hydrogen-bond donors (Lipinski definition) is 1. The molecule has 0 aliphatic rings. The predicted octanol–water partition coefficient (Wildman–Crippen LogP) is 4.07. The summed E-state index contributed by atoms with van der Waals surface area (Å²) < 4.78 is 1.91. The standard InChI is InChI=1S/C23H24N2O/c1-3-21-11-7-8-18(2)23(21)24-22(26)17-25-14-12-20(13-15-25)16-19-9-5-4-6-10-19/h4-15H,3,16-17H2,1-2H3/p+1. The minimum atomic E-state index is -0.00481. The lowest BCUT2D eigenvalue weighted by Gasteiger charge is -2.11. The van der Waals surface area contributed by atoms with E-state index in [1.807, 2.05) is 42.1 Å². The van der Waals surface area contributed by atoms with Crippen molar-refractivity contribution in [1.82, 2.24) is 0 Å². The molecule has 0 bridgehead atoms. The Kier molecular flexibility index (Phi) is 5.80. The number of aryl methyl sites for hydroxylation is 2. The molecule has 0 aliphatic heterocycles. The van der Waals surface area contributed by atoms with Gasteiger partial charge in [0.25, 0.3) is 5.91 Å². The first-order valence-electron chi connectivity index (χ1n) is 9.06. The number of para-hydroxylation sites is 1. The van der Waals surface area contributed by atoms with Crippen LogP contribution in [0.2, 0.25) is 0 Å². The van der Waals surface area contributed by atoms with Crippen LogP contribution >= 0.6 is 0 Å². The fraction of sp³-hybridized carbons (Fsp3) is 0.217. The molecule has 1 aromatic heterocycles. The second-order valence-electron chi connectivity index (χ2n) is 6.55. The number of carbonyl (C=O) groups excluding carboxylic acids is 1. The van der Waals surface area contributed by atoms with Crippen molar-refractivity contribution in [2.45, 2.75) is 33.2 Å². The van der Waals surface area contributed by atoms with Crippen LogP contribution in [0, 0.1) is 6.92 Å². The normalized spacial score (nSPS) is 10.5. The first kappa shape index (κ1) is 17.9. The molecule has 132 valence electrons. The molecule has 0 unspecified atom stereocenters. The minimum absolute atomic E-state index is 0.00481. The van der Waals surface area contributed by atoms with E-state index < -0.39 is 0 Å². The highest BCUT2D eigenvalue weighted by atomic mass is 16.1. The highest BCUT2D eigenvalue weighted by molar-refractivity contribution is 5.91. The number of rotatable bonds is 6. The third-order valence-electron chi connectivity index (χ3n) is 4.54. The molecule has 0 aliphatic carbocycles. The molecule has 26 heavy (non-hydrogen) atoms. The van der Waals surface area contributed by atoms with Crippen molar-refractivity contribution in [2.24, 2.45) is 0 Å². The molecule has 3 aromatic rings. The summed E-state index contributed by atoms with van der Waals surface area (Å²) in [5.74, 6) is -0.00481. The first-order chi connectivity index (χ1) is 12.7. The van der Waals surface area contributed by atoms with Crippen LogP contribution in [0.4, 0.5) is 5.69 Å². The van der Waals surface area contributed by atoms with Gasteiger partial charge in [-0.3, -0.25) is 4.79 Å². The lowest BCUT2D eigenvalue weighted by atomic mass is 10.1. The van der Waals surface area contributed by atoms with Gasteiger partial charge in [-0.1, -0.05) is 55.5 Å². The third kappa shape index (κ3) is 4.57. The van der Waals surface area contributed by atoms with Crippen molar-refractivity contribution in [3.8, 4) is 0 Å². The average Bonchev–Trinajstić information content (AvgIpc) is 2.66. The Hall–Kier alpha value is -2.94. The molecule has 1 N–H and O–H groups in total. The number of nitrogens with one attached hydrogen (secondary N) is 1. The van der Waals surface area contributed by atoms with Gasteiger partial charge in [0.2, 0.25) is 6.54 Å². The quantitative estimate of drug-likeness (QED) is 0.671. The molecule has 1 amide bonds. The van der Waals surface area contributed by atoms with Gasteiger partial charge < -0.3 is 5.32 Å². The number of nitrogens with zero attached hydrogens (tertiary/aromatic N) is 1. The van der Waals surface area contributed by atoms with Crippen molar-refractivity contribution in [2.75, 3.05) is 5.32 Å². The van der Waals surface area contributed by atoms with Crippen LogP contribution in [0.15, 0.2) is 73.1 Å². The summed E-state index contributed by atoms with van der Waals surface area (Å²) in [5.41, 5.74) is 5.73. The van der Waals surface area contributed by atoms with Crippen LogP contribution in [0.25, 0.3) is 0 Å². The zero-order chi connectivity index (χ0) is 18.4. The molecule has 0 saturated carbocycles. The smallest absolute Gasteiger partial charge is 0.290 e. The third-order valence-corrected chi connectivity index (χ3v) is 4.54. The Morgan fingerprint density at radius 2 is 1.62 bits per heavy atom. The number of amides is 1. The maximum absolute atomic E-state index is 12.4. The van der Waals surface area contributed by atoms with Crippen LogP contribution < -0.4 is 9.88 Å². The van der Waals surface area contributed by atoms with Gasteiger partial charge in [0.05, 0.1) is 0 Å². The van der Waals surface area contributed by atoms with Gasteiger partial charge in [0.15, 0.2) is 12.4 Å². The zero-order valence-corrected chi connectivity index (χ0v) is 15.4. The average molecular weight is 345 g/mol. The second kappa shape index (κ2) is 8.43. The predicted molar refractivity (Wildman–Crippen MR) is 105 cm³/mol. The highest BCUT2D eigenvalue weighted by Crippen LogP contribution is 2.20. The van der Waals surface area contributed by atoms with Crippen LogP contribution in [-0.2, 0) is 24.2 Å². The number of carbonyl (C=O) groups is 1. The minimum Gasteiger partial charge on any atom is -0.320 e. The summed E-state index contributed by atoms with van der Waals surface area (Å²) >= 11 is 0. The molecule has 2 aromatic carbocycles. The van der Waals surface area contributed by atoms with E-state index in [2.05, 4.69) is 54.7 Å². The zero-order valence-electron chi connectivity index (χ0n) is 15.4. The Labute approximate surface area is 155 Å². The lowest BCUT2D eigenvalue weighted by molar-refractivity contribution is -0.684. The van der Waals surface area contributed by atoms with Gasteiger partial charge in [0, 0.05) is 17.8 Å². The monoisotopic (exact) mass is 345 g/mol. The van der Waals surface area contributed by atoms with E-state index in [9.17, 15) is 4.79 Å². The maximum Gasteiger partial charge on any atom is 0.290 e. The van der Waals surface area contributed by atoms with E-state index >= 15 is 0 Å². The van der Waals surface area contributed by atoms with Crippen LogP contribution in [0.5, 0.6) is 0 Å². The van der Waals surface area contributed by atoms with Crippen molar-refractivity contribution in [3.63, 3.8) is 0 Å². The van der Waals surface area contributed by atoms with Gasteiger partial charge in [-0.25, -0.2) is 0 Å². The fourth-order valence-corrected chi connectivity index (χ4v) is 3.09. The van der Waals surface area contributed by atoms with Gasteiger partial charge in [0.1, 0.15) is 0 Å². The maximum atomic E-state index is 12.4. The van der Waals surface area contributed by atoms with Crippen LogP contribution in [0.1, 0.15) is 29.2 Å². The largest absolute Gasteiger partial charge is 0.320 e. The number of aromatic nitrogens is 1. The molecule has 0 fully saturated rings. The van der Waals surface area contributed by atoms with E-state index in [1.54, 1.807) is 0 Å². The van der Waals surface area contributed by atoms with Gasteiger partial charge >= 0.3 is 0 Å². The van der Waals surface area contributed by atoms with E-state index in [0.29, 0.717) is 6.54 Å². The summed E-state index contributed by atoms with van der Waals surface area (Å²) in [6.45, 7) is 4.44. The lowest BCUT2D eigenvalue weighted by Crippen LogP contribution is -2.39. The van der Waals surface area contributed by atoms with E-state index in [-0.39, 0.29) is 5.91 Å². The number of hydrogen-bond acceptors (Lipinski definition) is 1. The van der Waals surface area contributed by atoms with Crippen molar-refractivity contribution in [3.05, 3.63) is 95.3 Å². The molecule has 3 nitrogen and oxygen atoms in total. The topological polar surface area (TPSA) is 33.0 Å². The van der Waals surface area contributed by atoms with Crippen LogP contribution in [0.3, 0.4) is 0 Å². The first-order valence-corrected chi connectivity index (χ1v) is 9.06. The SMILES string of the molecule is CCc1cccc(C)c1NC(=O)C[n+]1ccc(Cc2ccccc2)cc1. The summed E-state index contributed by atoms with van der Waals surface area (Å²) in [4.78, 5) is 12.4. The second-order valence-corrected chi connectivity index (χ2v) is 6.55. The molecule has 0 atom stereocenters. The van der Waals surface area contributed by atoms with E-state index in [0.717, 1.165) is 24.1 Å². The molecule has 0 saturated heterocycles. The Balaban J connectivity index is 1.63. The van der Waals surface area contributed by atoms with Crippen molar-refractivity contribution < 1.29 is 9.36 Å². The van der Waals surface area contributed by atoms with Crippen molar-refractivity contribution >= 4 is 11.6 Å². The summed E-state index contributed by atoms with van der Waals surface area (Å²) in [7, 11) is 0. The number of benzene rings is 2. The highest BCUT2D eigenvalue weighted by Gasteiger charge is 2.13. The van der Waals surface area contributed by atoms with E-state index in [1.165, 1.54) is 16.7 Å². The van der Waals surface area contributed by atoms with E-state index in [4.69, 9.17) is 0 Å². The Bertz CT molecular complexity index is 870. The molecule has 3 rings (SSSR count). The molecule has 0 spiro atoms. The molecular formula is C23H25N2O+. The summed E-state index contributed by atoms with van der Waals surface area (Å²) in [5, 5.41) is 3.07. The number of anilines is 1. The van der Waals surface area contributed by atoms with Gasteiger partial charge in [-0.15, -0.1) is 0 Å². The molecular weight excluding hydrogens is 320 g/mol. The summed E-state index contributed by atoms with van der Waals surface area (Å²) in [6.07, 6.45) is 5.74. The summed E-state index contributed by atoms with van der Waals surface area (Å²) in [6, 6.07) is 20.7. The molecule has 0 radical (unpaired) electrons. The molecule has 1 heterocycles. The van der Waals surface area contributed by atoms with Crippen LogP contribution in [-0.4, -0.2) is 5.91 Å². The van der Waals surface area contributed by atoms with Gasteiger partial charge in [-0.2, -0.15) is 4.57 Å². The van der Waals surface area contributed by atoms with Crippen molar-refractivity contribution in [1.29, 1.82) is 0 Å². The van der Waals surface area contributed by atoms with Gasteiger partial charge in [-0.05, 0) is 42.0 Å². The number of pyridine rings is 1.